The lowest BCUT2D eigenvalue weighted by molar-refractivity contribution is 0.00811. The maximum atomic E-state index is 9.93. The van der Waals surface area contributed by atoms with E-state index >= 15 is 0 Å². The van der Waals surface area contributed by atoms with Gasteiger partial charge in [-0.25, -0.2) is 0 Å². The molecule has 0 aliphatic carbocycles. The monoisotopic (exact) mass is 300 g/mol. The molecule has 1 unspecified atom stereocenters. The average Bonchev–Trinajstić information content (AvgIpc) is 2.27. The summed E-state index contributed by atoms with van der Waals surface area (Å²) in [5.41, 5.74) is 0.396. The van der Waals surface area contributed by atoms with Gasteiger partial charge in [-0.1, -0.05) is 36.7 Å². The van der Waals surface area contributed by atoms with Crippen molar-refractivity contribution in [1.82, 2.24) is 0 Å². The summed E-state index contributed by atoms with van der Waals surface area (Å²) < 4.78 is 6.79. The maximum Gasteiger partial charge on any atom is 0.122 e. The molecule has 0 aromatic heterocycles. The first-order valence-electron chi connectivity index (χ1n) is 6.00. The minimum atomic E-state index is -0.763. The highest BCUT2D eigenvalue weighted by Crippen LogP contribution is 2.30. The van der Waals surface area contributed by atoms with Crippen molar-refractivity contribution in [1.29, 1.82) is 0 Å². The molecule has 1 aromatic rings. The lowest BCUT2D eigenvalue weighted by Crippen LogP contribution is -2.31. The van der Waals surface area contributed by atoms with Gasteiger partial charge in [0.1, 0.15) is 12.4 Å². The zero-order valence-electron chi connectivity index (χ0n) is 11.0. The van der Waals surface area contributed by atoms with E-state index in [9.17, 15) is 5.11 Å². The Labute approximate surface area is 112 Å². The van der Waals surface area contributed by atoms with Crippen molar-refractivity contribution >= 4 is 15.9 Å². The van der Waals surface area contributed by atoms with Crippen molar-refractivity contribution in [2.24, 2.45) is 0 Å². The molecule has 1 aromatic carbocycles. The Kier molecular flexibility index (Phi) is 5.02. The highest BCUT2D eigenvalue weighted by Gasteiger charge is 2.19. The molecule has 0 bridgehead atoms. The molecule has 17 heavy (non-hydrogen) atoms. The van der Waals surface area contributed by atoms with Crippen molar-refractivity contribution in [3.8, 4) is 5.75 Å². The number of benzene rings is 1. The van der Waals surface area contributed by atoms with Crippen molar-refractivity contribution in [3.05, 3.63) is 28.2 Å². The predicted octanol–water partition coefficient (Wildman–Crippen LogP) is 4.11. The quantitative estimate of drug-likeness (QED) is 0.886. The third-order valence-electron chi connectivity index (χ3n) is 2.89. The van der Waals surface area contributed by atoms with E-state index in [1.165, 1.54) is 0 Å². The smallest absolute Gasteiger partial charge is 0.122 e. The third kappa shape index (κ3) is 4.32. The number of aliphatic hydroxyl groups is 1. The fourth-order valence-electron chi connectivity index (χ4n) is 1.44. The van der Waals surface area contributed by atoms with Gasteiger partial charge in [0.05, 0.1) is 5.60 Å². The van der Waals surface area contributed by atoms with Crippen LogP contribution < -0.4 is 4.74 Å². The van der Waals surface area contributed by atoms with Crippen molar-refractivity contribution in [2.45, 2.75) is 45.6 Å². The van der Waals surface area contributed by atoms with Gasteiger partial charge < -0.3 is 9.84 Å². The summed E-state index contributed by atoms with van der Waals surface area (Å²) in [4.78, 5) is 0. The van der Waals surface area contributed by atoms with Gasteiger partial charge in [-0.2, -0.15) is 0 Å². The fourth-order valence-corrected chi connectivity index (χ4v) is 1.82. The molecule has 0 fully saturated rings. The predicted molar refractivity (Wildman–Crippen MR) is 74.6 cm³/mol. The summed E-state index contributed by atoms with van der Waals surface area (Å²) in [7, 11) is 0. The van der Waals surface area contributed by atoms with E-state index in [4.69, 9.17) is 4.74 Å². The second-order valence-electron chi connectivity index (χ2n) is 4.98. The molecule has 0 heterocycles. The van der Waals surface area contributed by atoms with Crippen LogP contribution in [0.25, 0.3) is 0 Å². The number of rotatable bonds is 5. The molecule has 1 atom stereocenters. The van der Waals surface area contributed by atoms with E-state index in [0.717, 1.165) is 15.8 Å². The highest BCUT2D eigenvalue weighted by molar-refractivity contribution is 9.10. The number of hydrogen-bond donors (Lipinski definition) is 1. The van der Waals surface area contributed by atoms with Gasteiger partial charge in [0.2, 0.25) is 0 Å². The summed E-state index contributed by atoms with van der Waals surface area (Å²) in [5, 5.41) is 9.93. The summed E-state index contributed by atoms with van der Waals surface area (Å²) in [6, 6.07) is 5.98. The Bertz CT molecular complexity index is 372. The van der Waals surface area contributed by atoms with E-state index in [2.05, 4.69) is 35.8 Å². The summed E-state index contributed by atoms with van der Waals surface area (Å²) in [6.07, 6.45) is 0.681. The minimum absolute atomic E-state index is 0.324. The van der Waals surface area contributed by atoms with Gasteiger partial charge in [0.15, 0.2) is 0 Å². The van der Waals surface area contributed by atoms with Crippen LogP contribution in [0.15, 0.2) is 22.7 Å². The molecule has 1 rings (SSSR count). The summed E-state index contributed by atoms with van der Waals surface area (Å²) in [6.45, 7) is 8.33. The lowest BCUT2D eigenvalue weighted by Gasteiger charge is -2.23. The first-order valence-corrected chi connectivity index (χ1v) is 6.79. The molecule has 0 spiro atoms. The van der Waals surface area contributed by atoms with Gasteiger partial charge in [-0.15, -0.1) is 0 Å². The van der Waals surface area contributed by atoms with Crippen LogP contribution in [-0.2, 0) is 0 Å². The second-order valence-corrected chi connectivity index (χ2v) is 5.89. The van der Waals surface area contributed by atoms with Crippen LogP contribution in [0, 0.1) is 0 Å². The van der Waals surface area contributed by atoms with Crippen LogP contribution >= 0.6 is 15.9 Å². The van der Waals surface area contributed by atoms with E-state index < -0.39 is 5.60 Å². The lowest BCUT2D eigenvalue weighted by atomic mass is 10.0. The molecular weight excluding hydrogens is 280 g/mol. The minimum Gasteiger partial charge on any atom is -0.490 e. The second kappa shape index (κ2) is 5.87. The van der Waals surface area contributed by atoms with Crippen LogP contribution in [0.1, 0.15) is 45.6 Å². The Morgan fingerprint density at radius 1 is 1.41 bits per heavy atom. The average molecular weight is 301 g/mol. The maximum absolute atomic E-state index is 9.93. The van der Waals surface area contributed by atoms with E-state index in [0.29, 0.717) is 18.9 Å². The van der Waals surface area contributed by atoms with Crippen LogP contribution in [-0.4, -0.2) is 17.3 Å². The summed E-state index contributed by atoms with van der Waals surface area (Å²) >= 11 is 3.46. The molecule has 3 heteroatoms. The van der Waals surface area contributed by atoms with Gasteiger partial charge in [-0.3, -0.25) is 0 Å². The molecule has 0 saturated heterocycles. The van der Waals surface area contributed by atoms with E-state index in [1.54, 1.807) is 6.92 Å². The molecule has 0 saturated carbocycles. The van der Waals surface area contributed by atoms with E-state index in [1.807, 2.05) is 19.1 Å². The van der Waals surface area contributed by atoms with Gasteiger partial charge in [0.25, 0.3) is 0 Å². The molecule has 0 amide bonds. The molecule has 0 aliphatic heterocycles. The largest absolute Gasteiger partial charge is 0.490 e. The van der Waals surface area contributed by atoms with E-state index in [-0.39, 0.29) is 0 Å². The van der Waals surface area contributed by atoms with Crippen LogP contribution in [0.2, 0.25) is 0 Å². The van der Waals surface area contributed by atoms with Gasteiger partial charge in [0, 0.05) is 4.47 Å². The first kappa shape index (κ1) is 14.5. The SMILES string of the molecule is CCC(C)(O)COc1ccc(Br)cc1C(C)C. The standard InChI is InChI=1S/C14H21BrO2/c1-5-14(4,16)9-17-13-7-6-11(15)8-12(13)10(2)3/h6-8,10,16H,5,9H2,1-4H3. The zero-order chi connectivity index (χ0) is 13.1. The number of ether oxygens (including phenoxy) is 1. The van der Waals surface area contributed by atoms with Crippen molar-refractivity contribution in [2.75, 3.05) is 6.61 Å². The van der Waals surface area contributed by atoms with Crippen molar-refractivity contribution < 1.29 is 9.84 Å². The normalized spacial score (nSPS) is 14.8. The molecular formula is C14H21BrO2. The molecule has 2 nitrogen and oxygen atoms in total. The summed E-state index contributed by atoms with van der Waals surface area (Å²) in [5.74, 6) is 1.26. The topological polar surface area (TPSA) is 29.5 Å². The van der Waals surface area contributed by atoms with Crippen LogP contribution in [0.4, 0.5) is 0 Å². The number of hydrogen-bond acceptors (Lipinski definition) is 2. The van der Waals surface area contributed by atoms with Crippen LogP contribution in [0.5, 0.6) is 5.75 Å². The molecule has 0 radical (unpaired) electrons. The Morgan fingerprint density at radius 3 is 2.59 bits per heavy atom. The molecule has 0 aliphatic rings. The number of halogens is 1. The zero-order valence-corrected chi connectivity index (χ0v) is 12.5. The Balaban J connectivity index is 2.84. The Hall–Kier alpha value is -0.540. The van der Waals surface area contributed by atoms with Crippen molar-refractivity contribution in [3.63, 3.8) is 0 Å². The first-order chi connectivity index (χ1) is 7.85. The molecule has 96 valence electrons. The third-order valence-corrected chi connectivity index (χ3v) is 3.39. The fraction of sp³-hybridized carbons (Fsp3) is 0.571. The molecule has 1 N–H and O–H groups in total. The van der Waals surface area contributed by atoms with Gasteiger partial charge >= 0.3 is 0 Å². The highest BCUT2D eigenvalue weighted by atomic mass is 79.9. The van der Waals surface area contributed by atoms with Gasteiger partial charge in [-0.05, 0) is 43.0 Å². The van der Waals surface area contributed by atoms with Crippen LogP contribution in [0.3, 0.4) is 0 Å². The Morgan fingerprint density at radius 2 is 2.06 bits per heavy atom.